The van der Waals surface area contributed by atoms with Crippen LogP contribution in [0.1, 0.15) is 26.8 Å². The second kappa shape index (κ2) is 6.21. The van der Waals surface area contributed by atoms with E-state index in [-0.39, 0.29) is 18.2 Å². The largest absolute Gasteiger partial charge is 0.469 e. The van der Waals surface area contributed by atoms with E-state index in [0.29, 0.717) is 23.7 Å². The SMILES string of the molecule is COC(=O)C[C@@H]1C(=O)NCCN1C(=O)c1sc(C)nc1C. The first-order valence-electron chi connectivity index (χ1n) is 6.53. The number of aromatic nitrogens is 1. The highest BCUT2D eigenvalue weighted by Gasteiger charge is 2.36. The molecule has 1 aliphatic heterocycles. The zero-order chi connectivity index (χ0) is 15.6. The van der Waals surface area contributed by atoms with E-state index >= 15 is 0 Å². The summed E-state index contributed by atoms with van der Waals surface area (Å²) in [6.45, 7) is 4.32. The zero-order valence-electron chi connectivity index (χ0n) is 12.1. The van der Waals surface area contributed by atoms with E-state index < -0.39 is 12.0 Å². The van der Waals surface area contributed by atoms with Gasteiger partial charge < -0.3 is 15.0 Å². The van der Waals surface area contributed by atoms with Crippen molar-refractivity contribution >= 4 is 29.1 Å². The van der Waals surface area contributed by atoms with Crippen LogP contribution in [0, 0.1) is 13.8 Å². The third kappa shape index (κ3) is 3.21. The first-order valence-corrected chi connectivity index (χ1v) is 7.35. The summed E-state index contributed by atoms with van der Waals surface area (Å²) in [6.07, 6.45) is -0.148. The molecule has 1 N–H and O–H groups in total. The van der Waals surface area contributed by atoms with Gasteiger partial charge in [0, 0.05) is 13.1 Å². The second-order valence-corrected chi connectivity index (χ2v) is 5.94. The quantitative estimate of drug-likeness (QED) is 0.809. The molecular weight excluding hydrogens is 294 g/mol. The van der Waals surface area contributed by atoms with Crippen molar-refractivity contribution < 1.29 is 19.1 Å². The Balaban J connectivity index is 2.25. The summed E-state index contributed by atoms with van der Waals surface area (Å²) in [5.41, 5.74) is 0.644. The minimum absolute atomic E-state index is 0.148. The Morgan fingerprint density at radius 1 is 1.48 bits per heavy atom. The molecule has 1 fully saturated rings. The van der Waals surface area contributed by atoms with Crippen LogP contribution in [0.3, 0.4) is 0 Å². The van der Waals surface area contributed by atoms with Crippen LogP contribution < -0.4 is 5.32 Å². The summed E-state index contributed by atoms with van der Waals surface area (Å²) < 4.78 is 4.60. The van der Waals surface area contributed by atoms with Crippen molar-refractivity contribution in [3.8, 4) is 0 Å². The van der Waals surface area contributed by atoms with Gasteiger partial charge in [-0.2, -0.15) is 0 Å². The van der Waals surface area contributed by atoms with Gasteiger partial charge >= 0.3 is 5.97 Å². The van der Waals surface area contributed by atoms with Crippen LogP contribution in [0.2, 0.25) is 0 Å². The predicted molar refractivity (Wildman–Crippen MR) is 76.1 cm³/mol. The number of amides is 2. The van der Waals surface area contributed by atoms with Gasteiger partial charge in [-0.05, 0) is 13.8 Å². The van der Waals surface area contributed by atoms with Gasteiger partial charge in [-0.1, -0.05) is 0 Å². The molecule has 0 aliphatic carbocycles. The van der Waals surface area contributed by atoms with Crippen LogP contribution in [0.15, 0.2) is 0 Å². The number of nitrogens with zero attached hydrogens (tertiary/aromatic N) is 2. The maximum atomic E-state index is 12.6. The molecule has 1 aliphatic rings. The number of methoxy groups -OCH3 is 1. The maximum absolute atomic E-state index is 12.6. The fourth-order valence-electron chi connectivity index (χ4n) is 2.26. The third-order valence-electron chi connectivity index (χ3n) is 3.28. The van der Waals surface area contributed by atoms with Gasteiger partial charge in [0.1, 0.15) is 10.9 Å². The number of hydrogen-bond acceptors (Lipinski definition) is 6. The van der Waals surface area contributed by atoms with Gasteiger partial charge in [0.2, 0.25) is 5.91 Å². The molecule has 2 rings (SSSR count). The predicted octanol–water partition coefficient (Wildman–Crippen LogP) is 0.264. The second-order valence-electron chi connectivity index (χ2n) is 4.73. The number of hydrogen-bond donors (Lipinski definition) is 1. The Kier molecular flexibility index (Phi) is 4.56. The molecule has 0 radical (unpaired) electrons. The van der Waals surface area contributed by atoms with E-state index in [1.807, 2.05) is 6.92 Å². The van der Waals surface area contributed by atoms with Crippen LogP contribution in [-0.2, 0) is 14.3 Å². The number of ether oxygens (including phenoxy) is 1. The lowest BCUT2D eigenvalue weighted by atomic mass is 10.1. The molecule has 0 aromatic carbocycles. The van der Waals surface area contributed by atoms with Crippen molar-refractivity contribution in [2.75, 3.05) is 20.2 Å². The van der Waals surface area contributed by atoms with Crippen LogP contribution in [0.4, 0.5) is 0 Å². The van der Waals surface area contributed by atoms with Crippen LogP contribution in [0.5, 0.6) is 0 Å². The molecule has 1 aromatic heterocycles. The summed E-state index contributed by atoms with van der Waals surface area (Å²) in [5.74, 6) is -1.12. The van der Waals surface area contributed by atoms with Crippen molar-refractivity contribution in [1.29, 1.82) is 0 Å². The highest BCUT2D eigenvalue weighted by Crippen LogP contribution is 2.22. The van der Waals surface area contributed by atoms with E-state index in [2.05, 4.69) is 15.0 Å². The van der Waals surface area contributed by atoms with Crippen LogP contribution in [0.25, 0.3) is 0 Å². The number of rotatable bonds is 3. The molecule has 1 aromatic rings. The molecular formula is C13H17N3O4S. The van der Waals surface area contributed by atoms with Crippen molar-refractivity contribution in [2.24, 2.45) is 0 Å². The van der Waals surface area contributed by atoms with E-state index in [4.69, 9.17) is 0 Å². The number of thiazole rings is 1. The van der Waals surface area contributed by atoms with E-state index in [1.54, 1.807) is 6.92 Å². The topological polar surface area (TPSA) is 88.6 Å². The monoisotopic (exact) mass is 311 g/mol. The Morgan fingerprint density at radius 3 is 2.76 bits per heavy atom. The lowest BCUT2D eigenvalue weighted by Crippen LogP contribution is -2.57. The van der Waals surface area contributed by atoms with Gasteiger partial charge in [0.15, 0.2) is 0 Å². The Morgan fingerprint density at radius 2 is 2.19 bits per heavy atom. The van der Waals surface area contributed by atoms with Gasteiger partial charge in [0.05, 0.1) is 24.2 Å². The van der Waals surface area contributed by atoms with Gasteiger partial charge in [-0.3, -0.25) is 14.4 Å². The van der Waals surface area contributed by atoms with Gasteiger partial charge in [-0.15, -0.1) is 11.3 Å². The Labute approximate surface area is 126 Å². The third-order valence-corrected chi connectivity index (χ3v) is 4.34. The standard InChI is InChI=1S/C13H17N3O4S/c1-7-11(21-8(2)15-7)13(19)16-5-4-14-12(18)9(16)6-10(17)20-3/h9H,4-6H2,1-3H3,(H,14,18)/t9-/m1/s1. The molecule has 1 saturated heterocycles. The summed E-state index contributed by atoms with van der Waals surface area (Å²) in [7, 11) is 1.26. The minimum Gasteiger partial charge on any atom is -0.469 e. The van der Waals surface area contributed by atoms with Gasteiger partial charge in [-0.25, -0.2) is 4.98 Å². The van der Waals surface area contributed by atoms with Crippen molar-refractivity contribution in [1.82, 2.24) is 15.2 Å². The summed E-state index contributed by atoms with van der Waals surface area (Å²) in [6, 6.07) is -0.833. The molecule has 2 amide bonds. The lowest BCUT2D eigenvalue weighted by Gasteiger charge is -2.34. The molecule has 8 heteroatoms. The average molecular weight is 311 g/mol. The number of carbonyl (C=O) groups is 3. The molecule has 114 valence electrons. The first kappa shape index (κ1) is 15.4. The number of piperazine rings is 1. The van der Waals surface area contributed by atoms with E-state index in [0.717, 1.165) is 5.01 Å². The minimum atomic E-state index is -0.833. The molecule has 0 spiro atoms. The molecule has 0 unspecified atom stereocenters. The fraction of sp³-hybridized carbons (Fsp3) is 0.538. The smallest absolute Gasteiger partial charge is 0.308 e. The number of esters is 1. The van der Waals surface area contributed by atoms with Crippen molar-refractivity contribution in [2.45, 2.75) is 26.3 Å². The highest BCUT2D eigenvalue weighted by molar-refractivity contribution is 7.13. The van der Waals surface area contributed by atoms with Crippen molar-refractivity contribution in [3.05, 3.63) is 15.6 Å². The van der Waals surface area contributed by atoms with Crippen LogP contribution in [-0.4, -0.2) is 53.9 Å². The Hall–Kier alpha value is -1.96. The average Bonchev–Trinajstić information content (AvgIpc) is 2.79. The lowest BCUT2D eigenvalue weighted by molar-refractivity contribution is -0.145. The zero-order valence-corrected chi connectivity index (χ0v) is 13.0. The number of carbonyl (C=O) groups excluding carboxylic acids is 3. The van der Waals surface area contributed by atoms with E-state index in [1.165, 1.54) is 23.3 Å². The molecule has 0 saturated carbocycles. The summed E-state index contributed by atoms with van der Waals surface area (Å²) >= 11 is 1.29. The molecule has 2 heterocycles. The van der Waals surface area contributed by atoms with Crippen molar-refractivity contribution in [3.63, 3.8) is 0 Å². The molecule has 7 nitrogen and oxygen atoms in total. The van der Waals surface area contributed by atoms with E-state index in [9.17, 15) is 14.4 Å². The number of aryl methyl sites for hydroxylation is 2. The maximum Gasteiger partial charge on any atom is 0.308 e. The fourth-order valence-corrected chi connectivity index (χ4v) is 3.14. The normalized spacial score (nSPS) is 18.3. The number of nitrogens with one attached hydrogen (secondary N) is 1. The Bertz CT molecular complexity index is 584. The van der Waals surface area contributed by atoms with Gasteiger partial charge in [0.25, 0.3) is 5.91 Å². The summed E-state index contributed by atoms with van der Waals surface area (Å²) in [5, 5.41) is 3.46. The van der Waals surface area contributed by atoms with Crippen LogP contribution >= 0.6 is 11.3 Å². The summed E-state index contributed by atoms with van der Waals surface area (Å²) in [4.78, 5) is 42.2. The molecule has 1 atom stereocenters. The highest BCUT2D eigenvalue weighted by atomic mass is 32.1. The first-order chi connectivity index (χ1) is 9.93. The molecule has 21 heavy (non-hydrogen) atoms. The molecule has 0 bridgehead atoms.